The average molecular weight is 239 g/mol. The zero-order valence-electron chi connectivity index (χ0n) is 9.85. The van der Waals surface area contributed by atoms with Crippen molar-refractivity contribution in [3.05, 3.63) is 16.4 Å². The van der Waals surface area contributed by atoms with Gasteiger partial charge in [0.15, 0.2) is 0 Å². The van der Waals surface area contributed by atoms with E-state index in [1.807, 2.05) is 0 Å². The van der Waals surface area contributed by atoms with Crippen molar-refractivity contribution in [1.82, 2.24) is 14.9 Å². The van der Waals surface area contributed by atoms with E-state index in [-0.39, 0.29) is 5.82 Å². The van der Waals surface area contributed by atoms with E-state index in [9.17, 15) is 10.1 Å². The molecule has 1 aliphatic rings. The Hall–Kier alpha value is -1.63. The van der Waals surface area contributed by atoms with Crippen molar-refractivity contribution < 1.29 is 4.92 Å². The van der Waals surface area contributed by atoms with Crippen LogP contribution in [0.25, 0.3) is 0 Å². The van der Waals surface area contributed by atoms with E-state index in [2.05, 4.69) is 15.6 Å². The van der Waals surface area contributed by atoms with Crippen LogP contribution in [0, 0.1) is 10.1 Å². The fraction of sp³-hybridized carbons (Fsp3) is 0.700. The molecule has 0 saturated carbocycles. The van der Waals surface area contributed by atoms with Crippen molar-refractivity contribution in [2.45, 2.75) is 25.3 Å². The first kappa shape index (κ1) is 11.8. The molecule has 1 aromatic rings. The maximum absolute atomic E-state index is 10.7. The highest BCUT2D eigenvalue weighted by Crippen LogP contribution is 2.21. The Kier molecular flexibility index (Phi) is 3.58. The molecule has 1 atom stereocenters. The van der Waals surface area contributed by atoms with Gasteiger partial charge in [-0.15, -0.1) is 0 Å². The topological polar surface area (TPSA) is 85.0 Å². The third kappa shape index (κ3) is 2.73. The van der Waals surface area contributed by atoms with Crippen LogP contribution in [0.3, 0.4) is 0 Å². The van der Waals surface area contributed by atoms with E-state index in [0.29, 0.717) is 11.9 Å². The summed E-state index contributed by atoms with van der Waals surface area (Å²) in [6, 6.07) is 0.537. The van der Waals surface area contributed by atoms with Crippen molar-refractivity contribution in [3.63, 3.8) is 0 Å². The maximum Gasteiger partial charge on any atom is 0.406 e. The van der Waals surface area contributed by atoms with E-state index >= 15 is 0 Å². The van der Waals surface area contributed by atoms with Gasteiger partial charge in [0.05, 0.1) is 0 Å². The summed E-state index contributed by atoms with van der Waals surface area (Å²) >= 11 is 0. The number of aryl methyl sites for hydroxylation is 1. The fourth-order valence-electron chi connectivity index (χ4n) is 2.12. The third-order valence-electron chi connectivity index (χ3n) is 3.04. The molecule has 0 bridgehead atoms. The zero-order chi connectivity index (χ0) is 12.3. The maximum atomic E-state index is 10.7. The molecule has 2 N–H and O–H groups in total. The predicted molar refractivity (Wildman–Crippen MR) is 64.0 cm³/mol. The highest BCUT2D eigenvalue weighted by molar-refractivity contribution is 5.51. The van der Waals surface area contributed by atoms with Gasteiger partial charge in [0.2, 0.25) is 12.1 Å². The Labute approximate surface area is 99.4 Å². The summed E-state index contributed by atoms with van der Waals surface area (Å²) in [4.78, 5) is 14.0. The summed E-state index contributed by atoms with van der Waals surface area (Å²) in [5.41, 5.74) is 0. The minimum atomic E-state index is -0.462. The quantitative estimate of drug-likeness (QED) is 0.588. The lowest BCUT2D eigenvalue weighted by Crippen LogP contribution is -2.24. The van der Waals surface area contributed by atoms with Gasteiger partial charge in [-0.1, -0.05) is 0 Å². The Bertz CT molecular complexity index is 397. The van der Waals surface area contributed by atoms with Crippen LogP contribution in [-0.4, -0.2) is 33.6 Å². The first-order valence-corrected chi connectivity index (χ1v) is 5.81. The van der Waals surface area contributed by atoms with Crippen LogP contribution in [0.15, 0.2) is 6.33 Å². The van der Waals surface area contributed by atoms with E-state index in [0.717, 1.165) is 19.5 Å². The van der Waals surface area contributed by atoms with Gasteiger partial charge in [0, 0.05) is 19.6 Å². The minimum Gasteiger partial charge on any atom is -0.364 e. The molecule has 0 amide bonds. The molecule has 17 heavy (non-hydrogen) atoms. The monoisotopic (exact) mass is 239 g/mol. The molecule has 1 saturated heterocycles. The molecule has 2 rings (SSSR count). The zero-order valence-corrected chi connectivity index (χ0v) is 9.85. The summed E-state index contributed by atoms with van der Waals surface area (Å²) in [5, 5.41) is 17.2. The molecule has 1 aromatic heterocycles. The molecule has 0 spiro atoms. The Morgan fingerprint density at radius 1 is 1.76 bits per heavy atom. The van der Waals surface area contributed by atoms with Gasteiger partial charge in [-0.05, 0) is 35.7 Å². The number of nitro groups is 1. The Morgan fingerprint density at radius 2 is 2.59 bits per heavy atom. The van der Waals surface area contributed by atoms with Gasteiger partial charge in [0.1, 0.15) is 0 Å². The SMILES string of the molecule is Cn1cnc([N+](=O)[O-])c1NCC[C@H]1CCCN1. The molecule has 7 heteroatoms. The summed E-state index contributed by atoms with van der Waals surface area (Å²) in [6.07, 6.45) is 4.84. The summed E-state index contributed by atoms with van der Waals surface area (Å²) in [6.45, 7) is 1.80. The fourth-order valence-corrected chi connectivity index (χ4v) is 2.12. The molecule has 1 aliphatic heterocycles. The van der Waals surface area contributed by atoms with E-state index in [1.165, 1.54) is 19.2 Å². The molecule has 1 fully saturated rings. The molecule has 0 radical (unpaired) electrons. The largest absolute Gasteiger partial charge is 0.406 e. The first-order valence-electron chi connectivity index (χ1n) is 5.81. The lowest BCUT2D eigenvalue weighted by atomic mass is 10.1. The van der Waals surface area contributed by atoms with Crippen LogP contribution in [0.4, 0.5) is 11.6 Å². The number of rotatable bonds is 5. The van der Waals surface area contributed by atoms with Crippen LogP contribution in [-0.2, 0) is 7.05 Å². The highest BCUT2D eigenvalue weighted by Gasteiger charge is 2.20. The summed E-state index contributed by atoms with van der Waals surface area (Å²) < 4.78 is 1.64. The number of hydrogen-bond donors (Lipinski definition) is 2. The average Bonchev–Trinajstić information content (AvgIpc) is 2.89. The van der Waals surface area contributed by atoms with Gasteiger partial charge in [-0.3, -0.25) is 4.57 Å². The van der Waals surface area contributed by atoms with Crippen LogP contribution in [0.1, 0.15) is 19.3 Å². The molecule has 0 unspecified atom stereocenters. The second-order valence-electron chi connectivity index (χ2n) is 4.29. The van der Waals surface area contributed by atoms with Gasteiger partial charge < -0.3 is 20.7 Å². The van der Waals surface area contributed by atoms with Crippen molar-refractivity contribution in [1.29, 1.82) is 0 Å². The first-order chi connectivity index (χ1) is 8.18. The molecular formula is C10H17N5O2. The number of anilines is 1. The number of hydrogen-bond acceptors (Lipinski definition) is 5. The van der Waals surface area contributed by atoms with Crippen LogP contribution >= 0.6 is 0 Å². The molecule has 0 aromatic carbocycles. The third-order valence-corrected chi connectivity index (χ3v) is 3.04. The van der Waals surface area contributed by atoms with Gasteiger partial charge in [0.25, 0.3) is 0 Å². The number of imidazole rings is 1. The standard InChI is InChI=1S/C10H17N5O2/c1-14-7-13-10(15(16)17)9(14)12-6-4-8-3-2-5-11-8/h7-8,11-12H,2-6H2,1H3/t8-/m1/s1. The van der Waals surface area contributed by atoms with Crippen LogP contribution in [0.2, 0.25) is 0 Å². The van der Waals surface area contributed by atoms with Crippen molar-refractivity contribution in [3.8, 4) is 0 Å². The van der Waals surface area contributed by atoms with E-state index < -0.39 is 4.92 Å². The van der Waals surface area contributed by atoms with Crippen molar-refractivity contribution in [2.24, 2.45) is 7.05 Å². The molecular weight excluding hydrogens is 222 g/mol. The van der Waals surface area contributed by atoms with Gasteiger partial charge in [-0.2, -0.15) is 0 Å². The smallest absolute Gasteiger partial charge is 0.364 e. The van der Waals surface area contributed by atoms with Crippen molar-refractivity contribution >= 4 is 11.6 Å². The Morgan fingerprint density at radius 3 is 3.24 bits per heavy atom. The second kappa shape index (κ2) is 5.13. The van der Waals surface area contributed by atoms with Crippen LogP contribution in [0.5, 0.6) is 0 Å². The molecule has 94 valence electrons. The Balaban J connectivity index is 1.89. The van der Waals surface area contributed by atoms with E-state index in [1.54, 1.807) is 11.6 Å². The molecule has 7 nitrogen and oxygen atoms in total. The van der Waals surface area contributed by atoms with E-state index in [4.69, 9.17) is 0 Å². The molecule has 0 aliphatic carbocycles. The number of aromatic nitrogens is 2. The summed E-state index contributed by atoms with van der Waals surface area (Å²) in [7, 11) is 1.75. The normalized spacial score (nSPS) is 19.5. The van der Waals surface area contributed by atoms with Crippen molar-refractivity contribution in [2.75, 3.05) is 18.4 Å². The second-order valence-corrected chi connectivity index (χ2v) is 4.29. The molecule has 2 heterocycles. The summed E-state index contributed by atoms with van der Waals surface area (Å²) in [5.74, 6) is 0.375. The van der Waals surface area contributed by atoms with Gasteiger partial charge in [-0.25, -0.2) is 0 Å². The minimum absolute atomic E-state index is 0.105. The lowest BCUT2D eigenvalue weighted by molar-refractivity contribution is -0.388. The van der Waals surface area contributed by atoms with Crippen LogP contribution < -0.4 is 10.6 Å². The predicted octanol–water partition coefficient (Wildman–Crippen LogP) is 0.882. The van der Waals surface area contributed by atoms with Gasteiger partial charge >= 0.3 is 5.82 Å². The lowest BCUT2D eigenvalue weighted by Gasteiger charge is -2.11. The number of nitrogens with one attached hydrogen (secondary N) is 2. The highest BCUT2D eigenvalue weighted by atomic mass is 16.6. The number of nitrogens with zero attached hydrogens (tertiary/aromatic N) is 3.